The highest BCUT2D eigenvalue weighted by Crippen LogP contribution is 2.62. The molecule has 110 valence electrons. The summed E-state index contributed by atoms with van der Waals surface area (Å²) in [5.41, 5.74) is 2.53. The lowest BCUT2D eigenvalue weighted by atomic mass is 9.49. The van der Waals surface area contributed by atoms with Crippen LogP contribution in [0.2, 0.25) is 0 Å². The first-order valence-electron chi connectivity index (χ1n) is 8.10. The van der Waals surface area contributed by atoms with E-state index in [1.54, 1.807) is 0 Å². The number of ether oxygens (including phenoxy) is 1. The van der Waals surface area contributed by atoms with E-state index < -0.39 is 0 Å². The van der Waals surface area contributed by atoms with E-state index >= 15 is 0 Å². The lowest BCUT2D eigenvalue weighted by Crippen LogP contribution is -2.53. The first-order valence-corrected chi connectivity index (χ1v) is 8.10. The normalized spacial score (nSPS) is 22.7. The number of nitrogens with one attached hydrogen (secondary N) is 1. The predicted octanol–water partition coefficient (Wildman–Crippen LogP) is 3.90. The van der Waals surface area contributed by atoms with Gasteiger partial charge in [0.25, 0.3) is 0 Å². The molecule has 2 aliphatic rings. The van der Waals surface area contributed by atoms with Gasteiger partial charge in [-0.2, -0.15) is 0 Å². The molecule has 0 atom stereocenters. The Hall–Kier alpha value is -1.02. The zero-order chi connectivity index (χ0) is 14.1. The van der Waals surface area contributed by atoms with Crippen molar-refractivity contribution in [3.05, 3.63) is 29.8 Å². The Kier molecular flexibility index (Phi) is 3.76. The summed E-state index contributed by atoms with van der Waals surface area (Å²) in [6.45, 7) is 3.87. The average Bonchev–Trinajstić information content (AvgIpc) is 2.88. The molecule has 0 amide bonds. The van der Waals surface area contributed by atoms with E-state index in [4.69, 9.17) is 4.74 Å². The minimum Gasteiger partial charge on any atom is -0.494 e. The molecular weight excluding hydrogens is 246 g/mol. The molecule has 20 heavy (non-hydrogen) atoms. The molecule has 1 aromatic rings. The van der Waals surface area contributed by atoms with Crippen molar-refractivity contribution in [3.63, 3.8) is 0 Å². The summed E-state index contributed by atoms with van der Waals surface area (Å²) in [4.78, 5) is 0. The number of likely N-dealkylation sites (N-methyl/N-ethyl adjacent to an activating group) is 1. The van der Waals surface area contributed by atoms with E-state index in [1.165, 1.54) is 44.1 Å². The van der Waals surface area contributed by atoms with Crippen LogP contribution in [0.15, 0.2) is 24.3 Å². The van der Waals surface area contributed by atoms with Crippen molar-refractivity contribution in [2.24, 2.45) is 5.41 Å². The maximum Gasteiger partial charge on any atom is 0.119 e. The standard InChI is InChI=1S/C18H27NO/c1-3-20-16-8-6-15(7-9-16)18(14-19-2)12-17(13-18)10-4-5-11-17/h6-9,19H,3-5,10-14H2,1-2H3. The molecule has 0 saturated heterocycles. The molecule has 0 radical (unpaired) electrons. The number of benzene rings is 1. The lowest BCUT2D eigenvalue weighted by molar-refractivity contribution is 0.0282. The van der Waals surface area contributed by atoms with E-state index in [1.807, 2.05) is 6.92 Å². The van der Waals surface area contributed by atoms with E-state index in [9.17, 15) is 0 Å². The van der Waals surface area contributed by atoms with Gasteiger partial charge in [-0.15, -0.1) is 0 Å². The quantitative estimate of drug-likeness (QED) is 0.878. The fourth-order valence-corrected chi connectivity index (χ4v) is 4.70. The molecule has 2 heteroatoms. The van der Waals surface area contributed by atoms with Gasteiger partial charge in [-0.05, 0) is 62.8 Å². The molecule has 1 spiro atoms. The highest BCUT2D eigenvalue weighted by molar-refractivity contribution is 5.36. The molecule has 0 heterocycles. The van der Waals surface area contributed by atoms with Crippen molar-refractivity contribution in [1.82, 2.24) is 5.32 Å². The van der Waals surface area contributed by atoms with E-state index in [0.29, 0.717) is 10.8 Å². The molecule has 0 bridgehead atoms. The highest BCUT2D eigenvalue weighted by Gasteiger charge is 2.55. The van der Waals surface area contributed by atoms with Crippen molar-refractivity contribution < 1.29 is 4.74 Å². The van der Waals surface area contributed by atoms with Gasteiger partial charge in [0.2, 0.25) is 0 Å². The largest absolute Gasteiger partial charge is 0.494 e. The summed E-state index contributed by atoms with van der Waals surface area (Å²) in [5, 5.41) is 3.42. The Morgan fingerprint density at radius 2 is 1.75 bits per heavy atom. The van der Waals surface area contributed by atoms with Crippen LogP contribution in [-0.4, -0.2) is 20.2 Å². The van der Waals surface area contributed by atoms with Gasteiger partial charge >= 0.3 is 0 Å². The van der Waals surface area contributed by atoms with Gasteiger partial charge in [-0.1, -0.05) is 25.0 Å². The summed E-state index contributed by atoms with van der Waals surface area (Å²) >= 11 is 0. The second-order valence-corrected chi connectivity index (χ2v) is 6.83. The monoisotopic (exact) mass is 273 g/mol. The molecule has 1 aromatic carbocycles. The Bertz CT molecular complexity index is 437. The number of hydrogen-bond acceptors (Lipinski definition) is 2. The van der Waals surface area contributed by atoms with Crippen LogP contribution in [0.3, 0.4) is 0 Å². The van der Waals surface area contributed by atoms with Crippen molar-refractivity contribution in [1.29, 1.82) is 0 Å². The van der Waals surface area contributed by atoms with Crippen LogP contribution in [0.25, 0.3) is 0 Å². The van der Waals surface area contributed by atoms with Gasteiger partial charge in [0.05, 0.1) is 6.61 Å². The van der Waals surface area contributed by atoms with Crippen LogP contribution in [0.5, 0.6) is 5.75 Å². The van der Waals surface area contributed by atoms with Gasteiger partial charge in [0.15, 0.2) is 0 Å². The van der Waals surface area contributed by atoms with Crippen LogP contribution >= 0.6 is 0 Å². The SMILES string of the molecule is CCOc1ccc(C2(CNC)CC3(CCCC3)C2)cc1. The van der Waals surface area contributed by atoms with Gasteiger partial charge in [-0.3, -0.25) is 0 Å². The molecule has 0 aromatic heterocycles. The van der Waals surface area contributed by atoms with Crippen LogP contribution < -0.4 is 10.1 Å². The molecule has 2 saturated carbocycles. The van der Waals surface area contributed by atoms with Gasteiger partial charge in [-0.25, -0.2) is 0 Å². The topological polar surface area (TPSA) is 21.3 Å². The second kappa shape index (κ2) is 5.40. The third-order valence-corrected chi connectivity index (χ3v) is 5.38. The Morgan fingerprint density at radius 1 is 1.10 bits per heavy atom. The lowest BCUT2D eigenvalue weighted by Gasteiger charge is -2.56. The molecule has 2 fully saturated rings. The van der Waals surface area contributed by atoms with Crippen molar-refractivity contribution in [2.75, 3.05) is 20.2 Å². The van der Waals surface area contributed by atoms with Crippen LogP contribution in [0.1, 0.15) is 51.0 Å². The second-order valence-electron chi connectivity index (χ2n) is 6.83. The molecule has 3 rings (SSSR count). The predicted molar refractivity (Wildman–Crippen MR) is 83.4 cm³/mol. The summed E-state index contributed by atoms with van der Waals surface area (Å²) < 4.78 is 5.56. The van der Waals surface area contributed by atoms with E-state index in [0.717, 1.165) is 18.9 Å². The molecule has 1 N–H and O–H groups in total. The first kappa shape index (κ1) is 13.9. The average molecular weight is 273 g/mol. The van der Waals surface area contributed by atoms with Crippen molar-refractivity contribution in [2.45, 2.75) is 50.9 Å². The number of hydrogen-bond donors (Lipinski definition) is 1. The third-order valence-electron chi connectivity index (χ3n) is 5.38. The number of rotatable bonds is 5. The highest BCUT2D eigenvalue weighted by atomic mass is 16.5. The van der Waals surface area contributed by atoms with E-state index in [2.05, 4.69) is 36.6 Å². The molecular formula is C18H27NO. The minimum atomic E-state index is 0.365. The minimum absolute atomic E-state index is 0.365. The maximum atomic E-state index is 5.56. The van der Waals surface area contributed by atoms with Crippen molar-refractivity contribution >= 4 is 0 Å². The Morgan fingerprint density at radius 3 is 2.30 bits per heavy atom. The zero-order valence-electron chi connectivity index (χ0n) is 12.9. The summed E-state index contributed by atoms with van der Waals surface area (Å²) in [7, 11) is 2.08. The first-order chi connectivity index (χ1) is 9.72. The summed E-state index contributed by atoms with van der Waals surface area (Å²) in [5.74, 6) is 0.991. The van der Waals surface area contributed by atoms with Gasteiger partial charge < -0.3 is 10.1 Å². The molecule has 0 aliphatic heterocycles. The van der Waals surface area contributed by atoms with Crippen LogP contribution in [0, 0.1) is 5.41 Å². The zero-order valence-corrected chi connectivity index (χ0v) is 12.9. The van der Waals surface area contributed by atoms with Gasteiger partial charge in [0.1, 0.15) is 5.75 Å². The molecule has 2 nitrogen and oxygen atoms in total. The molecule has 2 aliphatic carbocycles. The third kappa shape index (κ3) is 2.35. The van der Waals surface area contributed by atoms with Gasteiger partial charge in [0, 0.05) is 12.0 Å². The van der Waals surface area contributed by atoms with Crippen LogP contribution in [0.4, 0.5) is 0 Å². The Balaban J connectivity index is 1.77. The summed E-state index contributed by atoms with van der Waals surface area (Å²) in [6, 6.07) is 8.83. The Labute approximate surface area is 122 Å². The van der Waals surface area contributed by atoms with E-state index in [-0.39, 0.29) is 0 Å². The molecule has 0 unspecified atom stereocenters. The van der Waals surface area contributed by atoms with Crippen molar-refractivity contribution in [3.8, 4) is 5.75 Å². The smallest absolute Gasteiger partial charge is 0.119 e. The fraction of sp³-hybridized carbons (Fsp3) is 0.667. The van der Waals surface area contributed by atoms with Crippen LogP contribution in [-0.2, 0) is 5.41 Å². The fourth-order valence-electron chi connectivity index (χ4n) is 4.70. The maximum absolute atomic E-state index is 5.56. The summed E-state index contributed by atoms with van der Waals surface area (Å²) in [6.07, 6.45) is 8.53.